The van der Waals surface area contributed by atoms with Crippen LogP contribution in [0.4, 0.5) is 4.79 Å². The molecular weight excluding hydrogens is 268 g/mol. The summed E-state index contributed by atoms with van der Waals surface area (Å²) in [6.07, 6.45) is 4.14. The zero-order valence-electron chi connectivity index (χ0n) is 11.3. The van der Waals surface area contributed by atoms with Gasteiger partial charge in [-0.05, 0) is 29.8 Å². The second kappa shape index (κ2) is 7.61. The third-order valence-corrected chi connectivity index (χ3v) is 2.55. The second-order valence-electron chi connectivity index (χ2n) is 4.09. The lowest BCUT2D eigenvalue weighted by Gasteiger charge is -2.07. The Morgan fingerprint density at radius 3 is 2.33 bits per heavy atom. The predicted octanol–water partition coefficient (Wildman–Crippen LogP) is 3.41. The lowest BCUT2D eigenvalue weighted by Crippen LogP contribution is -2.10. The summed E-state index contributed by atoms with van der Waals surface area (Å²) in [5.41, 5.74) is 1.08. The minimum absolute atomic E-state index is 0.114. The van der Waals surface area contributed by atoms with E-state index in [4.69, 9.17) is 15.9 Å². The van der Waals surface area contributed by atoms with Gasteiger partial charge in [-0.3, -0.25) is 0 Å². The Bertz CT molecular complexity index is 611. The van der Waals surface area contributed by atoms with Gasteiger partial charge in [0.15, 0.2) is 6.61 Å². The Labute approximate surface area is 123 Å². The van der Waals surface area contributed by atoms with Gasteiger partial charge in [-0.15, -0.1) is 6.42 Å². The molecule has 4 nitrogen and oxygen atoms in total. The van der Waals surface area contributed by atoms with Crippen LogP contribution in [0.5, 0.6) is 11.5 Å². The Hall–Kier alpha value is -2.93. The number of hydrogen-bond acceptors (Lipinski definition) is 4. The number of carbonyl (C=O) groups excluding carboxylic acids is 1. The first-order valence-electron chi connectivity index (χ1n) is 6.33. The maximum atomic E-state index is 11.2. The maximum absolute atomic E-state index is 11.2. The molecule has 0 amide bonds. The van der Waals surface area contributed by atoms with Crippen molar-refractivity contribution >= 4 is 6.16 Å². The highest BCUT2D eigenvalue weighted by molar-refractivity contribution is 5.64. The summed E-state index contributed by atoms with van der Waals surface area (Å²) < 4.78 is 15.1. The molecule has 2 rings (SSSR count). The lowest BCUT2D eigenvalue weighted by atomic mass is 10.2. The molecule has 0 saturated heterocycles. The van der Waals surface area contributed by atoms with Crippen LogP contribution in [0.3, 0.4) is 0 Å². The predicted molar refractivity (Wildman–Crippen MR) is 78.0 cm³/mol. The van der Waals surface area contributed by atoms with Crippen LogP contribution in [0.2, 0.25) is 0 Å². The molecule has 4 heteroatoms. The normalized spacial score (nSPS) is 9.48. The van der Waals surface area contributed by atoms with Crippen LogP contribution in [0.1, 0.15) is 5.56 Å². The molecule has 0 radical (unpaired) electrons. The first-order valence-corrected chi connectivity index (χ1v) is 6.33. The zero-order chi connectivity index (χ0) is 14.9. The van der Waals surface area contributed by atoms with E-state index in [0.29, 0.717) is 18.1 Å². The monoisotopic (exact) mass is 282 g/mol. The standard InChI is InChI=1S/C17H14O4/c1-2-12-19-17(18)21-16-10-8-15(9-11-16)20-13-14-6-4-3-5-7-14/h1,3-11H,12-13H2. The molecule has 2 aromatic carbocycles. The SMILES string of the molecule is C#CCOC(=O)Oc1ccc(OCc2ccccc2)cc1. The first-order chi connectivity index (χ1) is 10.3. The molecule has 106 valence electrons. The van der Waals surface area contributed by atoms with E-state index in [1.807, 2.05) is 30.3 Å². The van der Waals surface area contributed by atoms with Crippen molar-refractivity contribution in [1.82, 2.24) is 0 Å². The molecule has 0 heterocycles. The van der Waals surface area contributed by atoms with E-state index in [0.717, 1.165) is 5.56 Å². The molecule has 0 fully saturated rings. The highest BCUT2D eigenvalue weighted by Gasteiger charge is 2.05. The van der Waals surface area contributed by atoms with Gasteiger partial charge in [-0.1, -0.05) is 36.3 Å². The molecular formula is C17H14O4. The van der Waals surface area contributed by atoms with Crippen molar-refractivity contribution in [2.45, 2.75) is 6.61 Å². The highest BCUT2D eigenvalue weighted by atomic mass is 16.7. The molecule has 0 unspecified atom stereocenters. The van der Waals surface area contributed by atoms with Crippen LogP contribution in [-0.4, -0.2) is 12.8 Å². The molecule has 0 atom stereocenters. The van der Waals surface area contributed by atoms with Crippen LogP contribution in [0, 0.1) is 12.3 Å². The van der Waals surface area contributed by atoms with Crippen molar-refractivity contribution in [1.29, 1.82) is 0 Å². The van der Waals surface area contributed by atoms with Crippen molar-refractivity contribution in [3.05, 3.63) is 60.2 Å². The second-order valence-corrected chi connectivity index (χ2v) is 4.09. The minimum Gasteiger partial charge on any atom is -0.489 e. The van der Waals surface area contributed by atoms with E-state index in [1.54, 1.807) is 24.3 Å². The van der Waals surface area contributed by atoms with E-state index in [9.17, 15) is 4.79 Å². The molecule has 0 spiro atoms. The summed E-state index contributed by atoms with van der Waals surface area (Å²) >= 11 is 0. The number of terminal acetylenes is 1. The van der Waals surface area contributed by atoms with Crippen molar-refractivity contribution in [2.24, 2.45) is 0 Å². The van der Waals surface area contributed by atoms with E-state index >= 15 is 0 Å². The molecule has 0 saturated carbocycles. The third-order valence-electron chi connectivity index (χ3n) is 2.55. The van der Waals surface area contributed by atoms with Crippen molar-refractivity contribution in [3.63, 3.8) is 0 Å². The van der Waals surface area contributed by atoms with Gasteiger partial charge >= 0.3 is 6.16 Å². The minimum atomic E-state index is -0.828. The molecule has 2 aromatic rings. The van der Waals surface area contributed by atoms with Gasteiger partial charge in [0, 0.05) is 0 Å². The van der Waals surface area contributed by atoms with Gasteiger partial charge in [-0.2, -0.15) is 0 Å². The molecule has 0 aliphatic rings. The average molecular weight is 282 g/mol. The van der Waals surface area contributed by atoms with Crippen LogP contribution >= 0.6 is 0 Å². The smallest absolute Gasteiger partial charge is 0.489 e. The Kier molecular flexibility index (Phi) is 5.25. The fourth-order valence-corrected chi connectivity index (χ4v) is 1.57. The Morgan fingerprint density at radius 1 is 1.00 bits per heavy atom. The zero-order valence-corrected chi connectivity index (χ0v) is 11.3. The van der Waals surface area contributed by atoms with Crippen LogP contribution in [0.25, 0.3) is 0 Å². The van der Waals surface area contributed by atoms with Crippen molar-refractivity contribution in [3.8, 4) is 23.8 Å². The van der Waals surface area contributed by atoms with Gasteiger partial charge in [0.25, 0.3) is 0 Å². The Balaban J connectivity index is 1.84. The van der Waals surface area contributed by atoms with Gasteiger partial charge in [0.1, 0.15) is 18.1 Å². The highest BCUT2D eigenvalue weighted by Crippen LogP contribution is 2.19. The van der Waals surface area contributed by atoms with Gasteiger partial charge in [0.2, 0.25) is 0 Å². The van der Waals surface area contributed by atoms with Crippen molar-refractivity contribution < 1.29 is 19.0 Å². The molecule has 0 aliphatic carbocycles. The third kappa shape index (κ3) is 4.92. The van der Waals surface area contributed by atoms with Crippen LogP contribution < -0.4 is 9.47 Å². The molecule has 0 bridgehead atoms. The largest absolute Gasteiger partial charge is 0.514 e. The Morgan fingerprint density at radius 2 is 1.67 bits per heavy atom. The van der Waals surface area contributed by atoms with Crippen LogP contribution in [0.15, 0.2) is 54.6 Å². The topological polar surface area (TPSA) is 44.8 Å². The summed E-state index contributed by atoms with van der Waals surface area (Å²) in [5, 5.41) is 0. The molecule has 0 aromatic heterocycles. The average Bonchev–Trinajstić information content (AvgIpc) is 2.53. The van der Waals surface area contributed by atoms with Crippen molar-refractivity contribution in [2.75, 3.05) is 6.61 Å². The fraction of sp³-hybridized carbons (Fsp3) is 0.118. The van der Waals surface area contributed by atoms with Gasteiger partial charge < -0.3 is 14.2 Å². The van der Waals surface area contributed by atoms with E-state index in [-0.39, 0.29) is 6.61 Å². The summed E-state index contributed by atoms with van der Waals surface area (Å²) in [4.78, 5) is 11.2. The van der Waals surface area contributed by atoms with Crippen LogP contribution in [-0.2, 0) is 11.3 Å². The quantitative estimate of drug-likeness (QED) is 0.479. The van der Waals surface area contributed by atoms with E-state index in [2.05, 4.69) is 10.7 Å². The maximum Gasteiger partial charge on any atom is 0.514 e. The number of benzene rings is 2. The number of ether oxygens (including phenoxy) is 3. The lowest BCUT2D eigenvalue weighted by molar-refractivity contribution is 0.111. The molecule has 0 aliphatic heterocycles. The van der Waals surface area contributed by atoms with E-state index in [1.165, 1.54) is 0 Å². The van der Waals surface area contributed by atoms with E-state index < -0.39 is 6.16 Å². The fourth-order valence-electron chi connectivity index (χ4n) is 1.57. The molecule has 0 N–H and O–H groups in total. The summed E-state index contributed by atoms with van der Waals surface area (Å²) in [7, 11) is 0. The number of rotatable bonds is 5. The summed E-state index contributed by atoms with van der Waals surface area (Å²) in [6, 6.07) is 16.5. The summed E-state index contributed by atoms with van der Waals surface area (Å²) in [5.74, 6) is 3.23. The van der Waals surface area contributed by atoms with Gasteiger partial charge in [-0.25, -0.2) is 4.79 Å². The molecule has 21 heavy (non-hydrogen) atoms. The number of carbonyl (C=O) groups is 1. The van der Waals surface area contributed by atoms with Gasteiger partial charge in [0.05, 0.1) is 0 Å². The first kappa shape index (κ1) is 14.5. The number of hydrogen-bond donors (Lipinski definition) is 0. The summed E-state index contributed by atoms with van der Waals surface area (Å²) in [6.45, 7) is 0.363.